The summed E-state index contributed by atoms with van der Waals surface area (Å²) in [6.07, 6.45) is -2.31. The Balaban J connectivity index is 1.57. The van der Waals surface area contributed by atoms with Crippen LogP contribution in [0.15, 0.2) is 53.8 Å². The van der Waals surface area contributed by atoms with Gasteiger partial charge < -0.3 is 9.74 Å². The van der Waals surface area contributed by atoms with Gasteiger partial charge in [0.25, 0.3) is 0 Å². The molecule has 0 amide bonds. The Morgan fingerprint density at radius 3 is 2.38 bits per heavy atom. The van der Waals surface area contributed by atoms with Gasteiger partial charge in [0.15, 0.2) is 0 Å². The zero-order valence-corrected chi connectivity index (χ0v) is 15.8. The number of hydrogen-bond acceptors (Lipinski definition) is 5. The van der Waals surface area contributed by atoms with E-state index in [9.17, 15) is 17.6 Å². The van der Waals surface area contributed by atoms with Gasteiger partial charge in [0.2, 0.25) is 6.61 Å². The third-order valence-electron chi connectivity index (χ3n) is 4.59. The summed E-state index contributed by atoms with van der Waals surface area (Å²) in [5.74, 6) is 0.510. The number of halogens is 4. The molecule has 1 saturated heterocycles. The summed E-state index contributed by atoms with van der Waals surface area (Å²) in [5, 5.41) is 3.68. The number of anilines is 1. The molecule has 3 rings (SSSR count). The minimum atomic E-state index is -4.46. The number of aromatic nitrogens is 1. The van der Waals surface area contributed by atoms with Gasteiger partial charge in [-0.1, -0.05) is 23.4 Å². The number of pyridine rings is 1. The molecule has 2 heterocycles. The highest BCUT2D eigenvalue weighted by atomic mass is 19.4. The van der Waals surface area contributed by atoms with Gasteiger partial charge >= 0.3 is 6.18 Å². The molecule has 0 spiro atoms. The van der Waals surface area contributed by atoms with E-state index in [2.05, 4.69) is 24.8 Å². The van der Waals surface area contributed by atoms with Crippen LogP contribution in [0.4, 0.5) is 23.4 Å². The van der Waals surface area contributed by atoms with E-state index in [0.29, 0.717) is 24.2 Å². The van der Waals surface area contributed by atoms with Gasteiger partial charge in [-0.25, -0.2) is 9.37 Å². The van der Waals surface area contributed by atoms with E-state index in [-0.39, 0.29) is 0 Å². The van der Waals surface area contributed by atoms with Gasteiger partial charge in [-0.05, 0) is 29.8 Å². The number of alkyl halides is 3. The van der Waals surface area contributed by atoms with E-state index in [1.807, 2.05) is 18.2 Å². The normalized spacial score (nSPS) is 16.1. The van der Waals surface area contributed by atoms with Crippen molar-refractivity contribution in [3.05, 3.63) is 60.0 Å². The minimum Gasteiger partial charge on any atom is -0.386 e. The monoisotopic (exact) mass is 410 g/mol. The standard InChI is InChI=1S/C20H22F4N4O/c21-17-6-4-16(5-7-17)18(26-29-15-20(22,23)24)8-10-27-11-13-28(14-12-27)19-3-1-2-9-25-19/h1-7,9H,8,10-15H2/b26-18-. The molecule has 0 saturated carbocycles. The number of oxime groups is 1. The van der Waals surface area contributed by atoms with Crippen LogP contribution in [-0.2, 0) is 4.84 Å². The Labute approximate surface area is 166 Å². The third kappa shape index (κ3) is 6.70. The van der Waals surface area contributed by atoms with Crippen LogP contribution in [0.3, 0.4) is 0 Å². The molecular weight excluding hydrogens is 388 g/mol. The topological polar surface area (TPSA) is 41.0 Å². The molecule has 0 N–H and O–H groups in total. The second-order valence-corrected chi connectivity index (χ2v) is 6.70. The van der Waals surface area contributed by atoms with Crippen molar-refractivity contribution < 1.29 is 22.4 Å². The maximum atomic E-state index is 13.2. The first-order chi connectivity index (χ1) is 13.9. The zero-order valence-electron chi connectivity index (χ0n) is 15.8. The van der Waals surface area contributed by atoms with E-state index in [1.54, 1.807) is 6.20 Å². The molecule has 1 aliphatic rings. The molecule has 9 heteroatoms. The first-order valence-electron chi connectivity index (χ1n) is 9.30. The third-order valence-corrected chi connectivity index (χ3v) is 4.59. The number of benzene rings is 1. The number of hydrogen-bond donors (Lipinski definition) is 0. The molecule has 0 unspecified atom stereocenters. The highest BCUT2D eigenvalue weighted by Gasteiger charge is 2.28. The average molecular weight is 410 g/mol. The molecule has 29 heavy (non-hydrogen) atoms. The molecule has 1 aliphatic heterocycles. The van der Waals surface area contributed by atoms with Gasteiger partial charge in [-0.2, -0.15) is 13.2 Å². The summed E-state index contributed by atoms with van der Waals surface area (Å²) in [6.45, 7) is 2.38. The van der Waals surface area contributed by atoms with Gasteiger partial charge in [0.05, 0.1) is 5.71 Å². The lowest BCUT2D eigenvalue weighted by Crippen LogP contribution is -2.47. The minimum absolute atomic E-state index is 0.362. The molecule has 5 nitrogen and oxygen atoms in total. The summed E-state index contributed by atoms with van der Waals surface area (Å²) in [7, 11) is 0. The van der Waals surface area contributed by atoms with E-state index >= 15 is 0 Å². The van der Waals surface area contributed by atoms with Crippen molar-refractivity contribution in [3.63, 3.8) is 0 Å². The maximum absolute atomic E-state index is 13.2. The number of rotatable bonds is 7. The van der Waals surface area contributed by atoms with Crippen LogP contribution >= 0.6 is 0 Å². The molecule has 1 aromatic heterocycles. The van der Waals surface area contributed by atoms with Crippen LogP contribution in [0.5, 0.6) is 0 Å². The number of piperazine rings is 1. The van der Waals surface area contributed by atoms with Gasteiger partial charge in [-0.3, -0.25) is 4.90 Å². The van der Waals surface area contributed by atoms with Crippen molar-refractivity contribution in [1.82, 2.24) is 9.88 Å². The highest BCUT2D eigenvalue weighted by Crippen LogP contribution is 2.16. The summed E-state index contributed by atoms with van der Waals surface area (Å²) < 4.78 is 50.2. The molecule has 0 aliphatic carbocycles. The van der Waals surface area contributed by atoms with Crippen molar-refractivity contribution >= 4 is 11.5 Å². The lowest BCUT2D eigenvalue weighted by Gasteiger charge is -2.35. The van der Waals surface area contributed by atoms with Crippen LogP contribution in [0.2, 0.25) is 0 Å². The SMILES string of the molecule is Fc1ccc(/C(CCN2CCN(c3ccccn3)CC2)=N\OCC(F)(F)F)cc1. The van der Waals surface area contributed by atoms with Crippen LogP contribution in [0.25, 0.3) is 0 Å². The molecule has 1 fully saturated rings. The first kappa shape index (κ1) is 21.0. The van der Waals surface area contributed by atoms with Crippen LogP contribution < -0.4 is 4.90 Å². The predicted molar refractivity (Wildman–Crippen MR) is 102 cm³/mol. The van der Waals surface area contributed by atoms with E-state index < -0.39 is 18.6 Å². The van der Waals surface area contributed by atoms with E-state index in [0.717, 1.165) is 32.0 Å². The number of nitrogens with zero attached hydrogens (tertiary/aromatic N) is 4. The highest BCUT2D eigenvalue weighted by molar-refractivity contribution is 6.00. The molecule has 0 bridgehead atoms. The molecule has 0 radical (unpaired) electrons. The van der Waals surface area contributed by atoms with Crippen LogP contribution in [0, 0.1) is 5.82 Å². The Morgan fingerprint density at radius 2 is 1.76 bits per heavy atom. The lowest BCUT2D eigenvalue weighted by molar-refractivity contribution is -0.173. The molecule has 2 aromatic rings. The van der Waals surface area contributed by atoms with Gasteiger partial charge in [-0.15, -0.1) is 0 Å². The summed E-state index contributed by atoms with van der Waals surface area (Å²) in [6, 6.07) is 11.3. The van der Waals surface area contributed by atoms with Gasteiger partial charge in [0, 0.05) is 45.3 Å². The fraction of sp³-hybridized carbons (Fsp3) is 0.400. The van der Waals surface area contributed by atoms with E-state index in [1.165, 1.54) is 24.3 Å². The molecular formula is C20H22F4N4O. The Bertz CT molecular complexity index is 788. The fourth-order valence-electron chi connectivity index (χ4n) is 3.07. The van der Waals surface area contributed by atoms with Gasteiger partial charge in [0.1, 0.15) is 11.6 Å². The largest absolute Gasteiger partial charge is 0.425 e. The predicted octanol–water partition coefficient (Wildman–Crippen LogP) is 3.72. The average Bonchev–Trinajstić information content (AvgIpc) is 2.71. The molecule has 1 aromatic carbocycles. The quantitative estimate of drug-likeness (QED) is 0.396. The maximum Gasteiger partial charge on any atom is 0.425 e. The summed E-state index contributed by atoms with van der Waals surface area (Å²) >= 11 is 0. The van der Waals surface area contributed by atoms with Crippen molar-refractivity contribution in [1.29, 1.82) is 0 Å². The van der Waals surface area contributed by atoms with Crippen molar-refractivity contribution in [2.45, 2.75) is 12.6 Å². The van der Waals surface area contributed by atoms with Crippen molar-refractivity contribution in [2.24, 2.45) is 5.16 Å². The van der Waals surface area contributed by atoms with E-state index in [4.69, 9.17) is 0 Å². The lowest BCUT2D eigenvalue weighted by atomic mass is 10.1. The van der Waals surface area contributed by atoms with Crippen LogP contribution in [0.1, 0.15) is 12.0 Å². The first-order valence-corrected chi connectivity index (χ1v) is 9.30. The molecule has 0 atom stereocenters. The van der Waals surface area contributed by atoms with Crippen LogP contribution in [-0.4, -0.2) is 61.1 Å². The smallest absolute Gasteiger partial charge is 0.386 e. The second kappa shape index (κ2) is 9.69. The fourth-order valence-corrected chi connectivity index (χ4v) is 3.07. The zero-order chi connectivity index (χ0) is 20.7. The molecule has 156 valence electrons. The summed E-state index contributed by atoms with van der Waals surface area (Å²) in [4.78, 5) is 13.2. The summed E-state index contributed by atoms with van der Waals surface area (Å²) in [5.41, 5.74) is 0.905. The van der Waals surface area contributed by atoms with Crippen molar-refractivity contribution in [3.8, 4) is 0 Å². The Hall–Kier alpha value is -2.68. The Kier molecular flexibility index (Phi) is 7.03. The Morgan fingerprint density at radius 1 is 1.03 bits per heavy atom. The second-order valence-electron chi connectivity index (χ2n) is 6.70. The van der Waals surface area contributed by atoms with Crippen molar-refractivity contribution in [2.75, 3.05) is 44.2 Å².